The highest BCUT2D eigenvalue weighted by molar-refractivity contribution is 6.07. The monoisotopic (exact) mass is 390 g/mol. The second kappa shape index (κ2) is 8.21. The normalized spacial score (nSPS) is 19.3. The van der Waals surface area contributed by atoms with Crippen LogP contribution in [0.4, 0.5) is 0 Å². The van der Waals surface area contributed by atoms with E-state index in [2.05, 4.69) is 0 Å². The van der Waals surface area contributed by atoms with Crippen molar-refractivity contribution in [3.05, 3.63) is 60.2 Å². The number of hydrogen-bond acceptors (Lipinski definition) is 4. The van der Waals surface area contributed by atoms with Gasteiger partial charge in [0.25, 0.3) is 5.91 Å². The second-order valence-electron chi connectivity index (χ2n) is 7.48. The minimum absolute atomic E-state index is 0.0223. The van der Waals surface area contributed by atoms with E-state index in [9.17, 15) is 4.79 Å². The number of amides is 1. The van der Waals surface area contributed by atoms with Crippen LogP contribution < -0.4 is 4.74 Å². The molecule has 0 saturated carbocycles. The summed E-state index contributed by atoms with van der Waals surface area (Å²) in [5.41, 5.74) is 3.18. The van der Waals surface area contributed by atoms with Crippen LogP contribution in [0.5, 0.6) is 5.75 Å². The molecule has 1 aliphatic rings. The molecule has 0 spiro atoms. The highest BCUT2D eigenvalue weighted by Gasteiger charge is 2.31. The van der Waals surface area contributed by atoms with E-state index in [0.717, 1.165) is 27.9 Å². The molecule has 0 aliphatic carbocycles. The van der Waals surface area contributed by atoms with E-state index in [0.29, 0.717) is 25.4 Å². The number of hydrogen-bond donors (Lipinski definition) is 0. The van der Waals surface area contributed by atoms with Crippen molar-refractivity contribution in [3.8, 4) is 17.0 Å². The maximum Gasteiger partial charge on any atom is 0.255 e. The number of aromatic nitrogens is 1. The molecule has 2 atom stereocenters. The van der Waals surface area contributed by atoms with Gasteiger partial charge in [-0.25, -0.2) is 4.98 Å². The van der Waals surface area contributed by atoms with Crippen molar-refractivity contribution >= 4 is 16.8 Å². The summed E-state index contributed by atoms with van der Waals surface area (Å²) in [6.07, 6.45) is 0. The lowest BCUT2D eigenvalue weighted by molar-refractivity contribution is -0.0248. The zero-order valence-electron chi connectivity index (χ0n) is 17.1. The minimum atomic E-state index is 0.0223. The Kier molecular flexibility index (Phi) is 5.49. The molecule has 0 radical (unpaired) electrons. The number of rotatable bonds is 4. The molecule has 5 heteroatoms. The molecule has 5 nitrogen and oxygen atoms in total. The van der Waals surface area contributed by atoms with Crippen LogP contribution in [0.1, 0.15) is 31.1 Å². The zero-order chi connectivity index (χ0) is 20.4. The van der Waals surface area contributed by atoms with Crippen LogP contribution in [0.3, 0.4) is 0 Å². The van der Waals surface area contributed by atoms with Crippen LogP contribution in [0, 0.1) is 0 Å². The first-order valence-electron chi connectivity index (χ1n) is 10.1. The van der Waals surface area contributed by atoms with Gasteiger partial charge >= 0.3 is 0 Å². The molecular weight excluding hydrogens is 364 g/mol. The smallest absolute Gasteiger partial charge is 0.255 e. The lowest BCUT2D eigenvalue weighted by Gasteiger charge is -2.39. The Hall–Kier alpha value is -2.92. The first-order valence-corrected chi connectivity index (χ1v) is 10.1. The third-order valence-corrected chi connectivity index (χ3v) is 5.29. The Bertz CT molecular complexity index is 1020. The fraction of sp³-hybridized carbons (Fsp3) is 0.333. The standard InChI is InChI=1S/C24H26N2O3/c1-4-29-19-9-7-8-18(12-19)23-13-21(20-10-5-6-11-22(20)25-23)24(27)26-16(2)14-28-15-17(26)3/h5-13,16-17H,4,14-15H2,1-3H3/t16-,17+. The van der Waals surface area contributed by atoms with Crippen LogP contribution in [0.25, 0.3) is 22.2 Å². The van der Waals surface area contributed by atoms with Crippen molar-refractivity contribution in [2.24, 2.45) is 0 Å². The van der Waals surface area contributed by atoms with Crippen molar-refractivity contribution in [2.45, 2.75) is 32.9 Å². The summed E-state index contributed by atoms with van der Waals surface area (Å²) in [6.45, 7) is 7.74. The van der Waals surface area contributed by atoms with Gasteiger partial charge in [0.05, 0.1) is 48.7 Å². The Morgan fingerprint density at radius 3 is 2.62 bits per heavy atom. The third kappa shape index (κ3) is 3.83. The lowest BCUT2D eigenvalue weighted by atomic mass is 10.0. The second-order valence-corrected chi connectivity index (χ2v) is 7.48. The first-order chi connectivity index (χ1) is 14.1. The van der Waals surface area contributed by atoms with E-state index in [1.54, 1.807) is 0 Å². The summed E-state index contributed by atoms with van der Waals surface area (Å²) in [4.78, 5) is 20.4. The predicted molar refractivity (Wildman–Crippen MR) is 114 cm³/mol. The van der Waals surface area contributed by atoms with E-state index in [1.807, 2.05) is 80.3 Å². The summed E-state index contributed by atoms with van der Waals surface area (Å²) in [6, 6.07) is 17.6. The van der Waals surface area contributed by atoms with Crippen molar-refractivity contribution in [3.63, 3.8) is 0 Å². The van der Waals surface area contributed by atoms with E-state index in [1.165, 1.54) is 0 Å². The number of morpholine rings is 1. The lowest BCUT2D eigenvalue weighted by Crippen LogP contribution is -2.52. The molecule has 2 aromatic carbocycles. The molecule has 4 rings (SSSR count). The molecule has 1 saturated heterocycles. The molecule has 3 aromatic rings. The van der Waals surface area contributed by atoms with Crippen LogP contribution in [-0.4, -0.2) is 47.7 Å². The Morgan fingerprint density at radius 2 is 1.86 bits per heavy atom. The van der Waals surface area contributed by atoms with Gasteiger partial charge in [-0.2, -0.15) is 0 Å². The minimum Gasteiger partial charge on any atom is -0.494 e. The molecular formula is C24H26N2O3. The van der Waals surface area contributed by atoms with E-state index in [-0.39, 0.29) is 18.0 Å². The maximum atomic E-state index is 13.6. The number of nitrogens with zero attached hydrogens (tertiary/aromatic N) is 2. The molecule has 1 amide bonds. The summed E-state index contributed by atoms with van der Waals surface area (Å²) >= 11 is 0. The predicted octanol–water partition coefficient (Wildman–Crippen LogP) is 4.55. The SMILES string of the molecule is CCOc1cccc(-c2cc(C(=O)N3[C@H](C)COC[C@@H]3C)c3ccccc3n2)c1. The molecule has 29 heavy (non-hydrogen) atoms. The fourth-order valence-electron chi connectivity index (χ4n) is 3.96. The van der Waals surface area contributed by atoms with Gasteiger partial charge in [-0.15, -0.1) is 0 Å². The summed E-state index contributed by atoms with van der Waals surface area (Å²) < 4.78 is 11.2. The van der Waals surface area contributed by atoms with Crippen molar-refractivity contribution in [1.82, 2.24) is 9.88 Å². The Morgan fingerprint density at radius 1 is 1.10 bits per heavy atom. The van der Waals surface area contributed by atoms with Crippen LogP contribution in [-0.2, 0) is 4.74 Å². The Balaban J connectivity index is 1.83. The van der Waals surface area contributed by atoms with Gasteiger partial charge in [0.2, 0.25) is 0 Å². The number of para-hydroxylation sites is 1. The number of carbonyl (C=O) groups is 1. The number of fused-ring (bicyclic) bond motifs is 1. The van der Waals surface area contributed by atoms with Gasteiger partial charge in [0.15, 0.2) is 0 Å². The van der Waals surface area contributed by atoms with Crippen LogP contribution >= 0.6 is 0 Å². The van der Waals surface area contributed by atoms with Gasteiger partial charge in [-0.3, -0.25) is 4.79 Å². The largest absolute Gasteiger partial charge is 0.494 e. The molecule has 2 heterocycles. The Labute approximate surface area is 171 Å². The molecule has 0 N–H and O–H groups in total. The number of carbonyl (C=O) groups excluding carboxylic acids is 1. The van der Waals surface area contributed by atoms with Gasteiger partial charge in [-0.1, -0.05) is 30.3 Å². The molecule has 1 aromatic heterocycles. The summed E-state index contributed by atoms with van der Waals surface area (Å²) in [5.74, 6) is 0.817. The maximum absolute atomic E-state index is 13.6. The highest BCUT2D eigenvalue weighted by Crippen LogP contribution is 2.29. The van der Waals surface area contributed by atoms with E-state index < -0.39 is 0 Å². The van der Waals surface area contributed by atoms with Gasteiger partial charge in [0.1, 0.15) is 5.75 Å². The molecule has 150 valence electrons. The van der Waals surface area contributed by atoms with Gasteiger partial charge < -0.3 is 14.4 Å². The third-order valence-electron chi connectivity index (χ3n) is 5.29. The topological polar surface area (TPSA) is 51.7 Å². The van der Waals surface area contributed by atoms with Crippen molar-refractivity contribution < 1.29 is 14.3 Å². The van der Waals surface area contributed by atoms with Gasteiger partial charge in [-0.05, 0) is 45.0 Å². The van der Waals surface area contributed by atoms with Crippen LogP contribution in [0.2, 0.25) is 0 Å². The number of benzene rings is 2. The highest BCUT2D eigenvalue weighted by atomic mass is 16.5. The van der Waals surface area contributed by atoms with Gasteiger partial charge in [0, 0.05) is 10.9 Å². The molecule has 1 fully saturated rings. The molecule has 1 aliphatic heterocycles. The zero-order valence-corrected chi connectivity index (χ0v) is 17.1. The molecule has 0 bridgehead atoms. The molecule has 0 unspecified atom stereocenters. The first kappa shape index (κ1) is 19.4. The van der Waals surface area contributed by atoms with Crippen molar-refractivity contribution in [1.29, 1.82) is 0 Å². The van der Waals surface area contributed by atoms with Crippen molar-refractivity contribution in [2.75, 3.05) is 19.8 Å². The summed E-state index contributed by atoms with van der Waals surface area (Å²) in [7, 11) is 0. The van der Waals surface area contributed by atoms with E-state index >= 15 is 0 Å². The summed E-state index contributed by atoms with van der Waals surface area (Å²) in [5, 5.41) is 0.869. The fourth-order valence-corrected chi connectivity index (χ4v) is 3.96. The van der Waals surface area contributed by atoms with E-state index in [4.69, 9.17) is 14.5 Å². The average molecular weight is 390 g/mol. The average Bonchev–Trinajstić information content (AvgIpc) is 2.73. The number of pyridine rings is 1. The quantitative estimate of drug-likeness (QED) is 0.656. The van der Waals surface area contributed by atoms with Crippen LogP contribution in [0.15, 0.2) is 54.6 Å². The number of ether oxygens (including phenoxy) is 2.